The summed E-state index contributed by atoms with van der Waals surface area (Å²) in [7, 11) is 4.05. The van der Waals surface area contributed by atoms with Crippen molar-refractivity contribution in [3.05, 3.63) is 64.6 Å². The molecule has 0 spiro atoms. The van der Waals surface area contributed by atoms with Crippen LogP contribution in [0.15, 0.2) is 53.9 Å². The zero-order chi connectivity index (χ0) is 25.8. The van der Waals surface area contributed by atoms with Crippen molar-refractivity contribution in [3.8, 4) is 11.5 Å². The van der Waals surface area contributed by atoms with Crippen molar-refractivity contribution in [1.82, 2.24) is 15.2 Å². The number of benzene rings is 2. The minimum absolute atomic E-state index is 0.187. The number of para-hydroxylation sites is 2. The van der Waals surface area contributed by atoms with E-state index in [0.29, 0.717) is 30.5 Å². The molecule has 8 nitrogen and oxygen atoms in total. The fourth-order valence-corrected chi connectivity index (χ4v) is 5.69. The van der Waals surface area contributed by atoms with Gasteiger partial charge in [0.25, 0.3) is 5.91 Å². The topological polar surface area (TPSA) is 79.0 Å². The summed E-state index contributed by atoms with van der Waals surface area (Å²) in [5.41, 5.74) is 2.59. The van der Waals surface area contributed by atoms with Crippen LogP contribution in [0.2, 0.25) is 0 Å². The van der Waals surface area contributed by atoms with E-state index in [1.54, 1.807) is 11.3 Å². The Morgan fingerprint density at radius 3 is 2.59 bits per heavy atom. The van der Waals surface area contributed by atoms with Crippen molar-refractivity contribution in [3.63, 3.8) is 0 Å². The Morgan fingerprint density at radius 2 is 1.86 bits per heavy atom. The van der Waals surface area contributed by atoms with Crippen LogP contribution in [0, 0.1) is 0 Å². The van der Waals surface area contributed by atoms with Crippen LogP contribution >= 0.6 is 23.6 Å². The lowest BCUT2D eigenvalue weighted by Gasteiger charge is -2.33. The zero-order valence-electron chi connectivity index (χ0n) is 21.0. The maximum atomic E-state index is 12.7. The smallest absolute Gasteiger partial charge is 0.270 e. The van der Waals surface area contributed by atoms with E-state index in [9.17, 15) is 4.79 Å². The number of ether oxygens (including phenoxy) is 2. The molecule has 10 heteroatoms. The van der Waals surface area contributed by atoms with Crippen molar-refractivity contribution in [2.45, 2.75) is 24.9 Å². The zero-order valence-corrected chi connectivity index (χ0v) is 22.6. The molecular weight excluding hydrogens is 506 g/mol. The minimum atomic E-state index is -0.232. The van der Waals surface area contributed by atoms with Crippen LogP contribution in [-0.4, -0.2) is 67.3 Å². The molecule has 0 saturated carbocycles. The molecule has 0 aliphatic carbocycles. The van der Waals surface area contributed by atoms with Crippen LogP contribution in [-0.2, 0) is 0 Å². The molecule has 0 unspecified atom stereocenters. The maximum Gasteiger partial charge on any atom is 0.270 e. The van der Waals surface area contributed by atoms with Crippen molar-refractivity contribution < 1.29 is 14.3 Å². The first-order valence-electron chi connectivity index (χ1n) is 12.4. The summed E-state index contributed by atoms with van der Waals surface area (Å²) in [6.45, 7) is 2.47. The third-order valence-corrected chi connectivity index (χ3v) is 7.95. The molecule has 37 heavy (non-hydrogen) atoms. The lowest BCUT2D eigenvalue weighted by Crippen LogP contribution is -2.41. The van der Waals surface area contributed by atoms with Gasteiger partial charge >= 0.3 is 0 Å². The van der Waals surface area contributed by atoms with Crippen molar-refractivity contribution >= 4 is 45.9 Å². The Labute approximate surface area is 226 Å². The molecule has 3 aromatic rings. The molecule has 2 aromatic carbocycles. The summed E-state index contributed by atoms with van der Waals surface area (Å²) in [4.78, 5) is 21.6. The van der Waals surface area contributed by atoms with Crippen molar-refractivity contribution in [2.24, 2.45) is 0 Å². The van der Waals surface area contributed by atoms with Crippen LogP contribution in [0.1, 0.15) is 34.3 Å². The first-order chi connectivity index (χ1) is 18.0. The van der Waals surface area contributed by atoms with Crippen LogP contribution in [0.25, 0.3) is 0 Å². The highest BCUT2D eigenvalue weighted by atomic mass is 32.1. The highest BCUT2D eigenvalue weighted by molar-refractivity contribution is 7.80. The highest BCUT2D eigenvalue weighted by Crippen LogP contribution is 2.32. The molecule has 1 aromatic heterocycles. The van der Waals surface area contributed by atoms with Gasteiger partial charge in [-0.2, -0.15) is 0 Å². The average molecular weight is 538 g/mol. The van der Waals surface area contributed by atoms with Gasteiger partial charge in [0.1, 0.15) is 18.4 Å². The second-order valence-corrected chi connectivity index (χ2v) is 10.7. The SMILES string of the molecule is CN(C)c1ccc(NC(=S)N2CCC(c3nc(C(=O)NC[C@@H]4COc5ccccc5O4)cs3)CC2)cc1. The number of thiazole rings is 1. The number of amides is 1. The second-order valence-electron chi connectivity index (χ2n) is 9.41. The predicted molar refractivity (Wildman–Crippen MR) is 151 cm³/mol. The molecule has 194 valence electrons. The number of aromatic nitrogens is 1. The molecule has 1 amide bonds. The number of anilines is 2. The van der Waals surface area contributed by atoms with Gasteiger partial charge in [0.15, 0.2) is 16.6 Å². The Hall–Kier alpha value is -3.37. The molecule has 0 radical (unpaired) electrons. The van der Waals surface area contributed by atoms with Gasteiger partial charge in [0.2, 0.25) is 0 Å². The predicted octanol–water partition coefficient (Wildman–Crippen LogP) is 4.36. The summed E-state index contributed by atoms with van der Waals surface area (Å²) in [6.07, 6.45) is 1.66. The Balaban J connectivity index is 1.08. The van der Waals surface area contributed by atoms with E-state index in [-0.39, 0.29) is 12.0 Å². The van der Waals surface area contributed by atoms with E-state index in [4.69, 9.17) is 21.7 Å². The fourth-order valence-electron chi connectivity index (χ4n) is 4.42. The monoisotopic (exact) mass is 537 g/mol. The van der Waals surface area contributed by atoms with Gasteiger partial charge in [0, 0.05) is 49.9 Å². The minimum Gasteiger partial charge on any atom is -0.486 e. The van der Waals surface area contributed by atoms with Crippen molar-refractivity contribution in [1.29, 1.82) is 0 Å². The molecule has 5 rings (SSSR count). The van der Waals surface area contributed by atoms with Crippen molar-refractivity contribution in [2.75, 3.05) is 50.6 Å². The lowest BCUT2D eigenvalue weighted by atomic mass is 9.98. The third-order valence-electron chi connectivity index (χ3n) is 6.58. The number of nitrogens with zero attached hydrogens (tertiary/aromatic N) is 3. The number of hydrogen-bond donors (Lipinski definition) is 2. The Kier molecular flexibility index (Phi) is 7.76. The summed E-state index contributed by atoms with van der Waals surface area (Å²) in [5, 5.41) is 9.88. The Morgan fingerprint density at radius 1 is 1.14 bits per heavy atom. The number of carbonyl (C=O) groups is 1. The van der Waals surface area contributed by atoms with E-state index in [1.807, 2.05) is 55.9 Å². The average Bonchev–Trinajstić information content (AvgIpc) is 3.42. The standard InChI is InChI=1S/C27H31N5O3S2/c1-31(2)20-9-7-19(8-10-20)29-27(36)32-13-11-18(12-14-32)26-30-22(17-37-26)25(33)28-15-21-16-34-23-5-3-4-6-24(23)35-21/h3-10,17-18,21H,11-16H2,1-2H3,(H,28,33)(H,29,36)/t21-/m1/s1. The quantitative estimate of drug-likeness (QED) is 0.450. The number of carbonyl (C=O) groups excluding carboxylic acids is 1. The van der Waals surface area contributed by atoms with Gasteiger partial charge in [-0.3, -0.25) is 4.79 Å². The number of hydrogen-bond acceptors (Lipinski definition) is 7. The molecule has 2 aliphatic heterocycles. The molecular formula is C27H31N5O3S2. The van der Waals surface area contributed by atoms with E-state index in [0.717, 1.165) is 53.2 Å². The van der Waals surface area contributed by atoms with Crippen LogP contribution < -0.4 is 25.0 Å². The number of piperidine rings is 1. The molecule has 2 aliphatic rings. The summed E-state index contributed by atoms with van der Waals surface area (Å²) in [5.74, 6) is 1.58. The first kappa shape index (κ1) is 25.3. The normalized spacial score (nSPS) is 17.2. The maximum absolute atomic E-state index is 12.7. The van der Waals surface area contributed by atoms with E-state index in [1.165, 1.54) is 0 Å². The van der Waals surface area contributed by atoms with E-state index >= 15 is 0 Å². The fraction of sp³-hybridized carbons (Fsp3) is 0.370. The third kappa shape index (κ3) is 6.14. The van der Waals surface area contributed by atoms with Gasteiger partial charge in [-0.25, -0.2) is 4.98 Å². The summed E-state index contributed by atoms with van der Waals surface area (Å²) in [6, 6.07) is 15.8. The van der Waals surface area contributed by atoms with Gasteiger partial charge in [0.05, 0.1) is 11.6 Å². The van der Waals surface area contributed by atoms with Gasteiger partial charge in [-0.1, -0.05) is 12.1 Å². The van der Waals surface area contributed by atoms with Gasteiger partial charge in [-0.15, -0.1) is 11.3 Å². The molecule has 2 N–H and O–H groups in total. The molecule has 3 heterocycles. The van der Waals surface area contributed by atoms with Crippen LogP contribution in [0.4, 0.5) is 11.4 Å². The number of nitrogens with one attached hydrogen (secondary N) is 2. The summed E-state index contributed by atoms with van der Waals surface area (Å²) < 4.78 is 11.6. The number of thiocarbonyl (C=S) groups is 1. The number of rotatable bonds is 6. The first-order valence-corrected chi connectivity index (χ1v) is 13.7. The second kappa shape index (κ2) is 11.4. The van der Waals surface area contributed by atoms with Crippen LogP contribution in [0.5, 0.6) is 11.5 Å². The van der Waals surface area contributed by atoms with Crippen LogP contribution in [0.3, 0.4) is 0 Å². The molecule has 1 saturated heterocycles. The molecule has 0 bridgehead atoms. The van der Waals surface area contributed by atoms with Gasteiger partial charge < -0.3 is 29.9 Å². The van der Waals surface area contributed by atoms with E-state index < -0.39 is 0 Å². The highest BCUT2D eigenvalue weighted by Gasteiger charge is 2.26. The largest absolute Gasteiger partial charge is 0.486 e. The number of likely N-dealkylation sites (tertiary alicyclic amines) is 1. The van der Waals surface area contributed by atoms with E-state index in [2.05, 4.69) is 37.6 Å². The molecule has 1 fully saturated rings. The molecule has 1 atom stereocenters. The Bertz CT molecular complexity index is 1240. The number of fused-ring (bicyclic) bond motifs is 1. The lowest BCUT2D eigenvalue weighted by molar-refractivity contribution is 0.0786. The van der Waals surface area contributed by atoms with Gasteiger partial charge in [-0.05, 0) is 61.5 Å². The summed E-state index contributed by atoms with van der Waals surface area (Å²) >= 11 is 7.21.